The molecule has 1 aliphatic rings. The quantitative estimate of drug-likeness (QED) is 0.479. The fraction of sp³-hybridized carbons (Fsp3) is 0.571. The Labute approximate surface area is 59.9 Å². The van der Waals surface area contributed by atoms with Gasteiger partial charge in [-0.15, -0.1) is 6.58 Å². The van der Waals surface area contributed by atoms with Crippen molar-refractivity contribution in [2.45, 2.75) is 24.4 Å². The largest absolute Gasteiger partial charge is 0.388 e. The van der Waals surface area contributed by atoms with Crippen molar-refractivity contribution < 1.29 is 14.9 Å². The van der Waals surface area contributed by atoms with Gasteiger partial charge in [-0.3, -0.25) is 0 Å². The minimum atomic E-state index is -0.997. The molecule has 0 bridgehead atoms. The Bertz CT molecular complexity index is 135. The molecule has 0 aromatic rings. The van der Waals surface area contributed by atoms with Crippen molar-refractivity contribution in [2.75, 3.05) is 0 Å². The number of hydrogen-bond acceptors (Lipinski definition) is 3. The van der Waals surface area contributed by atoms with Crippen LogP contribution < -0.4 is 0 Å². The highest BCUT2D eigenvalue weighted by Crippen LogP contribution is 2.20. The summed E-state index contributed by atoms with van der Waals surface area (Å²) in [7, 11) is 0. The molecule has 4 atom stereocenters. The van der Waals surface area contributed by atoms with Crippen LogP contribution in [-0.4, -0.2) is 34.6 Å². The molecule has 2 radical (unpaired) electrons. The Morgan fingerprint density at radius 3 is 2.20 bits per heavy atom. The minimum Gasteiger partial charge on any atom is -0.388 e. The van der Waals surface area contributed by atoms with E-state index in [1.807, 2.05) is 0 Å². The van der Waals surface area contributed by atoms with Crippen LogP contribution in [0.15, 0.2) is 12.7 Å². The number of rotatable bonds is 1. The molecule has 56 valence electrons. The number of aliphatic hydroxyl groups excluding tert-OH is 2. The molecular formula is C7H10O3. The number of ether oxygens (including phenoxy) is 1. The Kier molecular flexibility index (Phi) is 2.08. The molecule has 0 amide bonds. The van der Waals surface area contributed by atoms with Crippen molar-refractivity contribution in [1.82, 2.24) is 0 Å². The molecule has 1 fully saturated rings. The number of hydrogen-bond donors (Lipinski definition) is 2. The molecule has 3 heteroatoms. The third kappa shape index (κ3) is 1.08. The van der Waals surface area contributed by atoms with E-state index in [0.717, 1.165) is 0 Å². The fourth-order valence-electron chi connectivity index (χ4n) is 0.926. The minimum absolute atomic E-state index is 0.537. The molecule has 0 aromatic carbocycles. The van der Waals surface area contributed by atoms with Crippen LogP contribution in [0.1, 0.15) is 0 Å². The molecule has 1 unspecified atom stereocenters. The molecule has 0 aromatic heterocycles. The summed E-state index contributed by atoms with van der Waals surface area (Å²) in [6.45, 7) is 8.66. The molecule has 2 N–H and O–H groups in total. The zero-order chi connectivity index (χ0) is 7.72. The monoisotopic (exact) mass is 142 g/mol. The smallest absolute Gasteiger partial charge is 0.112 e. The maximum absolute atomic E-state index is 9.10. The summed E-state index contributed by atoms with van der Waals surface area (Å²) < 4.78 is 4.89. The van der Waals surface area contributed by atoms with Gasteiger partial charge in [-0.2, -0.15) is 0 Å². The summed E-state index contributed by atoms with van der Waals surface area (Å²) in [4.78, 5) is 0. The second kappa shape index (κ2) is 2.70. The van der Waals surface area contributed by atoms with E-state index < -0.39 is 24.4 Å². The molecule has 1 heterocycles. The van der Waals surface area contributed by atoms with Gasteiger partial charge < -0.3 is 14.9 Å². The normalized spacial score (nSPS) is 47.5. The first kappa shape index (κ1) is 7.72. The van der Waals surface area contributed by atoms with Gasteiger partial charge in [0.05, 0.1) is 6.10 Å². The zero-order valence-electron chi connectivity index (χ0n) is 5.47. The molecule has 10 heavy (non-hydrogen) atoms. The van der Waals surface area contributed by atoms with E-state index in [-0.39, 0.29) is 0 Å². The second-order valence-corrected chi connectivity index (χ2v) is 2.28. The third-order valence-corrected chi connectivity index (χ3v) is 1.57. The summed E-state index contributed by atoms with van der Waals surface area (Å²) in [5, 5.41) is 18.1. The molecule has 1 saturated heterocycles. The highest BCUT2D eigenvalue weighted by atomic mass is 16.5. The fourth-order valence-corrected chi connectivity index (χ4v) is 0.926. The molecule has 0 saturated carbocycles. The third-order valence-electron chi connectivity index (χ3n) is 1.57. The van der Waals surface area contributed by atoms with Gasteiger partial charge in [-0.05, 0) is 6.92 Å². The van der Waals surface area contributed by atoms with E-state index in [9.17, 15) is 0 Å². The molecular weight excluding hydrogens is 132 g/mol. The van der Waals surface area contributed by atoms with Gasteiger partial charge in [-0.25, -0.2) is 0 Å². The first-order chi connectivity index (χ1) is 4.66. The van der Waals surface area contributed by atoms with Crippen LogP contribution in [0.25, 0.3) is 0 Å². The summed E-state index contributed by atoms with van der Waals surface area (Å²) in [5.41, 5.74) is 0. The van der Waals surface area contributed by atoms with Gasteiger partial charge in [0.25, 0.3) is 0 Å². The lowest BCUT2D eigenvalue weighted by molar-refractivity contribution is 0.0391. The summed E-state index contributed by atoms with van der Waals surface area (Å²) >= 11 is 0. The van der Waals surface area contributed by atoms with E-state index in [1.165, 1.54) is 6.08 Å². The Hall–Kier alpha value is -0.380. The average Bonchev–Trinajstić information content (AvgIpc) is 2.17. The van der Waals surface area contributed by atoms with Crippen LogP contribution >= 0.6 is 0 Å². The molecule has 3 nitrogen and oxygen atoms in total. The standard InChI is InChI=1S/C7H10O3/c1-3-5-7(9)6(8)4(2)10-5/h2-9H,1H2/t4-,5+,6?,7-/m0/s1. The average molecular weight is 142 g/mol. The van der Waals surface area contributed by atoms with Gasteiger partial charge in [0.15, 0.2) is 0 Å². The van der Waals surface area contributed by atoms with Crippen molar-refractivity contribution in [2.24, 2.45) is 0 Å². The second-order valence-electron chi connectivity index (χ2n) is 2.28. The van der Waals surface area contributed by atoms with Crippen molar-refractivity contribution >= 4 is 0 Å². The van der Waals surface area contributed by atoms with Crippen LogP contribution in [0.2, 0.25) is 0 Å². The van der Waals surface area contributed by atoms with Crippen LogP contribution in [0.4, 0.5) is 0 Å². The van der Waals surface area contributed by atoms with E-state index in [1.54, 1.807) is 0 Å². The van der Waals surface area contributed by atoms with E-state index in [2.05, 4.69) is 6.58 Å². The van der Waals surface area contributed by atoms with E-state index in [4.69, 9.17) is 21.9 Å². The number of aliphatic hydroxyl groups is 2. The Morgan fingerprint density at radius 1 is 1.40 bits per heavy atom. The summed E-state index contributed by atoms with van der Waals surface area (Å²) in [6, 6.07) is 0. The van der Waals surface area contributed by atoms with Gasteiger partial charge in [0.1, 0.15) is 18.3 Å². The van der Waals surface area contributed by atoms with Crippen LogP contribution in [0.5, 0.6) is 0 Å². The first-order valence-electron chi connectivity index (χ1n) is 3.06. The predicted octanol–water partition coefficient (Wildman–Crippen LogP) is -0.627. The van der Waals surface area contributed by atoms with E-state index in [0.29, 0.717) is 0 Å². The summed E-state index contributed by atoms with van der Waals surface area (Å²) in [5.74, 6) is 0. The molecule has 1 rings (SSSR count). The Balaban J connectivity index is 2.61. The molecule has 1 aliphatic heterocycles. The SMILES string of the molecule is [CH][C@@H]1O[C@H](C=C)[C@H](O)C1O. The van der Waals surface area contributed by atoms with Crippen LogP contribution in [0, 0.1) is 6.92 Å². The van der Waals surface area contributed by atoms with Crippen LogP contribution in [-0.2, 0) is 4.74 Å². The topological polar surface area (TPSA) is 49.7 Å². The van der Waals surface area contributed by atoms with Crippen LogP contribution in [0.3, 0.4) is 0 Å². The lowest BCUT2D eigenvalue weighted by Gasteiger charge is -2.08. The summed E-state index contributed by atoms with van der Waals surface area (Å²) in [6.07, 6.45) is -1.85. The lowest BCUT2D eigenvalue weighted by atomic mass is 10.1. The maximum Gasteiger partial charge on any atom is 0.112 e. The van der Waals surface area contributed by atoms with Crippen molar-refractivity contribution in [1.29, 1.82) is 0 Å². The maximum atomic E-state index is 9.10. The van der Waals surface area contributed by atoms with Crippen molar-refractivity contribution in [3.8, 4) is 0 Å². The van der Waals surface area contributed by atoms with Gasteiger partial charge in [-0.1, -0.05) is 6.08 Å². The molecule has 0 aliphatic carbocycles. The highest BCUT2D eigenvalue weighted by molar-refractivity contribution is 4.99. The van der Waals surface area contributed by atoms with Crippen molar-refractivity contribution in [3.05, 3.63) is 19.6 Å². The zero-order valence-corrected chi connectivity index (χ0v) is 5.47. The molecule has 0 spiro atoms. The van der Waals surface area contributed by atoms with Gasteiger partial charge >= 0.3 is 0 Å². The highest BCUT2D eigenvalue weighted by Gasteiger charge is 2.38. The van der Waals surface area contributed by atoms with Crippen molar-refractivity contribution in [3.63, 3.8) is 0 Å². The lowest BCUT2D eigenvalue weighted by Crippen LogP contribution is -2.30. The van der Waals surface area contributed by atoms with Gasteiger partial charge in [0.2, 0.25) is 0 Å². The van der Waals surface area contributed by atoms with Gasteiger partial charge in [0, 0.05) is 0 Å². The Morgan fingerprint density at radius 2 is 2.00 bits per heavy atom. The first-order valence-corrected chi connectivity index (χ1v) is 3.06. The predicted molar refractivity (Wildman–Crippen MR) is 35.2 cm³/mol. The van der Waals surface area contributed by atoms with E-state index >= 15 is 0 Å².